The molecule has 4 heteroatoms. The van der Waals surface area contributed by atoms with E-state index in [9.17, 15) is 4.79 Å². The Labute approximate surface area is 114 Å². The Morgan fingerprint density at radius 2 is 2.16 bits per heavy atom. The van der Waals surface area contributed by atoms with E-state index >= 15 is 0 Å². The third-order valence-electron chi connectivity index (χ3n) is 3.44. The first-order chi connectivity index (χ1) is 9.06. The number of morpholine rings is 1. The van der Waals surface area contributed by atoms with Crippen molar-refractivity contribution in [2.45, 2.75) is 39.5 Å². The molecule has 1 aliphatic heterocycles. The second kappa shape index (κ2) is 6.17. The molecule has 1 amide bonds. The van der Waals surface area contributed by atoms with E-state index < -0.39 is 0 Å². The van der Waals surface area contributed by atoms with Crippen LogP contribution in [0.25, 0.3) is 0 Å². The Bertz CT molecular complexity index is 448. The highest BCUT2D eigenvalue weighted by Crippen LogP contribution is 2.21. The SMILES string of the molecule is CC(=O)Nc1ccccc1CN1CC(C)OCC1C. The molecular formula is C15H22N2O2. The van der Waals surface area contributed by atoms with E-state index in [0.29, 0.717) is 6.04 Å². The minimum atomic E-state index is -0.0316. The van der Waals surface area contributed by atoms with E-state index in [-0.39, 0.29) is 12.0 Å². The summed E-state index contributed by atoms with van der Waals surface area (Å²) in [5.74, 6) is -0.0316. The van der Waals surface area contributed by atoms with Gasteiger partial charge in [0.25, 0.3) is 0 Å². The summed E-state index contributed by atoms with van der Waals surface area (Å²) in [5, 5.41) is 2.89. The van der Waals surface area contributed by atoms with Gasteiger partial charge in [-0.3, -0.25) is 9.69 Å². The van der Waals surface area contributed by atoms with Crippen LogP contribution in [-0.2, 0) is 16.1 Å². The zero-order valence-electron chi connectivity index (χ0n) is 11.8. The van der Waals surface area contributed by atoms with Crippen LogP contribution in [0, 0.1) is 0 Å². The topological polar surface area (TPSA) is 41.6 Å². The molecule has 0 aliphatic carbocycles. The summed E-state index contributed by atoms with van der Waals surface area (Å²) in [6.07, 6.45) is 0.268. The lowest BCUT2D eigenvalue weighted by Gasteiger charge is -2.37. The predicted molar refractivity (Wildman–Crippen MR) is 76.0 cm³/mol. The fraction of sp³-hybridized carbons (Fsp3) is 0.533. The van der Waals surface area contributed by atoms with Crippen molar-refractivity contribution in [3.8, 4) is 0 Å². The van der Waals surface area contributed by atoms with Crippen LogP contribution in [0.3, 0.4) is 0 Å². The van der Waals surface area contributed by atoms with E-state index in [1.165, 1.54) is 6.92 Å². The van der Waals surface area contributed by atoms with E-state index in [4.69, 9.17) is 4.74 Å². The van der Waals surface area contributed by atoms with E-state index in [1.807, 2.05) is 18.2 Å². The van der Waals surface area contributed by atoms with Gasteiger partial charge in [-0.1, -0.05) is 18.2 Å². The zero-order valence-corrected chi connectivity index (χ0v) is 11.8. The molecule has 104 valence electrons. The maximum atomic E-state index is 11.2. The third kappa shape index (κ3) is 3.78. The Morgan fingerprint density at radius 3 is 2.89 bits per heavy atom. The molecule has 1 N–H and O–H groups in total. The Kier molecular flexibility index (Phi) is 4.56. The fourth-order valence-electron chi connectivity index (χ4n) is 2.38. The number of rotatable bonds is 3. The highest BCUT2D eigenvalue weighted by atomic mass is 16.5. The molecule has 1 fully saturated rings. The molecule has 2 unspecified atom stereocenters. The first kappa shape index (κ1) is 14.0. The first-order valence-electron chi connectivity index (χ1n) is 6.77. The van der Waals surface area contributed by atoms with Crippen molar-refractivity contribution in [2.24, 2.45) is 0 Å². The van der Waals surface area contributed by atoms with Crippen LogP contribution in [0.4, 0.5) is 5.69 Å². The largest absolute Gasteiger partial charge is 0.376 e. The van der Waals surface area contributed by atoms with Crippen LogP contribution in [0.2, 0.25) is 0 Å². The molecule has 0 bridgehead atoms. The van der Waals surface area contributed by atoms with Crippen LogP contribution in [0.1, 0.15) is 26.3 Å². The average molecular weight is 262 g/mol. The first-order valence-corrected chi connectivity index (χ1v) is 6.77. The van der Waals surface area contributed by atoms with Crippen LogP contribution in [0.5, 0.6) is 0 Å². The minimum Gasteiger partial charge on any atom is -0.376 e. The van der Waals surface area contributed by atoms with Crippen molar-refractivity contribution in [1.29, 1.82) is 0 Å². The molecule has 2 atom stereocenters. The van der Waals surface area contributed by atoms with Gasteiger partial charge in [0.2, 0.25) is 5.91 Å². The lowest BCUT2D eigenvalue weighted by atomic mass is 10.1. The monoisotopic (exact) mass is 262 g/mol. The molecule has 1 aromatic carbocycles. The van der Waals surface area contributed by atoms with Crippen molar-refractivity contribution in [2.75, 3.05) is 18.5 Å². The molecule has 1 aliphatic rings. The van der Waals surface area contributed by atoms with Gasteiger partial charge in [0.1, 0.15) is 0 Å². The number of nitrogens with zero attached hydrogens (tertiary/aromatic N) is 1. The summed E-state index contributed by atoms with van der Waals surface area (Å²) >= 11 is 0. The number of para-hydroxylation sites is 1. The molecule has 0 saturated carbocycles. The summed E-state index contributed by atoms with van der Waals surface area (Å²) in [6.45, 7) is 8.34. The molecule has 1 aromatic rings. The Morgan fingerprint density at radius 1 is 1.42 bits per heavy atom. The number of benzene rings is 1. The molecule has 1 heterocycles. The van der Waals surface area contributed by atoms with Crippen LogP contribution in [0.15, 0.2) is 24.3 Å². The number of amides is 1. The van der Waals surface area contributed by atoms with Crippen molar-refractivity contribution in [3.05, 3.63) is 29.8 Å². The van der Waals surface area contributed by atoms with Crippen molar-refractivity contribution >= 4 is 11.6 Å². The summed E-state index contributed by atoms with van der Waals surface area (Å²) in [6, 6.07) is 8.38. The van der Waals surface area contributed by atoms with Crippen molar-refractivity contribution in [3.63, 3.8) is 0 Å². The summed E-state index contributed by atoms with van der Waals surface area (Å²) < 4.78 is 5.64. The van der Waals surface area contributed by atoms with Crippen LogP contribution in [-0.4, -0.2) is 36.1 Å². The number of hydrogen-bond acceptors (Lipinski definition) is 3. The van der Waals surface area contributed by atoms with E-state index in [1.54, 1.807) is 0 Å². The van der Waals surface area contributed by atoms with Gasteiger partial charge in [-0.2, -0.15) is 0 Å². The zero-order chi connectivity index (χ0) is 13.8. The fourth-order valence-corrected chi connectivity index (χ4v) is 2.38. The van der Waals surface area contributed by atoms with Gasteiger partial charge in [-0.05, 0) is 25.5 Å². The molecule has 4 nitrogen and oxygen atoms in total. The van der Waals surface area contributed by atoms with Gasteiger partial charge in [-0.25, -0.2) is 0 Å². The maximum absolute atomic E-state index is 11.2. The maximum Gasteiger partial charge on any atom is 0.221 e. The summed E-state index contributed by atoms with van der Waals surface area (Å²) in [4.78, 5) is 13.6. The minimum absolute atomic E-state index is 0.0316. The third-order valence-corrected chi connectivity index (χ3v) is 3.44. The summed E-state index contributed by atoms with van der Waals surface area (Å²) in [5.41, 5.74) is 2.06. The average Bonchev–Trinajstić information content (AvgIpc) is 2.35. The van der Waals surface area contributed by atoms with Gasteiger partial charge in [0, 0.05) is 31.7 Å². The van der Waals surface area contributed by atoms with Crippen molar-refractivity contribution < 1.29 is 9.53 Å². The number of carbonyl (C=O) groups is 1. The highest BCUT2D eigenvalue weighted by molar-refractivity contribution is 5.89. The van der Waals surface area contributed by atoms with Gasteiger partial charge in [-0.15, -0.1) is 0 Å². The lowest BCUT2D eigenvalue weighted by Crippen LogP contribution is -2.46. The lowest BCUT2D eigenvalue weighted by molar-refractivity contribution is -0.114. The second-order valence-electron chi connectivity index (χ2n) is 5.26. The molecule has 0 spiro atoms. The number of anilines is 1. The standard InChI is InChI=1S/C15H22N2O2/c1-11-10-19-12(2)8-17(11)9-14-6-4-5-7-15(14)16-13(3)18/h4-7,11-12H,8-10H2,1-3H3,(H,16,18). The quantitative estimate of drug-likeness (QED) is 0.908. The Hall–Kier alpha value is -1.39. The summed E-state index contributed by atoms with van der Waals surface area (Å²) in [7, 11) is 0. The van der Waals surface area contributed by atoms with E-state index in [0.717, 1.165) is 30.9 Å². The van der Waals surface area contributed by atoms with Crippen molar-refractivity contribution in [1.82, 2.24) is 4.90 Å². The molecule has 0 aromatic heterocycles. The van der Waals surface area contributed by atoms with Gasteiger partial charge in [0.05, 0.1) is 12.7 Å². The normalized spacial score (nSPS) is 24.2. The van der Waals surface area contributed by atoms with Gasteiger partial charge >= 0.3 is 0 Å². The second-order valence-corrected chi connectivity index (χ2v) is 5.26. The van der Waals surface area contributed by atoms with E-state index in [2.05, 4.69) is 30.1 Å². The number of carbonyl (C=O) groups excluding carboxylic acids is 1. The molecule has 1 saturated heterocycles. The highest BCUT2D eigenvalue weighted by Gasteiger charge is 2.23. The molecule has 2 rings (SSSR count). The molecule has 19 heavy (non-hydrogen) atoms. The number of nitrogens with one attached hydrogen (secondary N) is 1. The Balaban J connectivity index is 2.11. The van der Waals surface area contributed by atoms with Crippen LogP contribution < -0.4 is 5.32 Å². The smallest absolute Gasteiger partial charge is 0.221 e. The number of hydrogen-bond donors (Lipinski definition) is 1. The predicted octanol–water partition coefficient (Wildman–Crippen LogP) is 2.25. The van der Waals surface area contributed by atoms with Gasteiger partial charge < -0.3 is 10.1 Å². The molecular weight excluding hydrogens is 240 g/mol. The van der Waals surface area contributed by atoms with Crippen LogP contribution >= 0.6 is 0 Å². The molecule has 0 radical (unpaired) electrons. The number of ether oxygens (including phenoxy) is 1. The van der Waals surface area contributed by atoms with Gasteiger partial charge in [0.15, 0.2) is 0 Å².